The van der Waals surface area contributed by atoms with Gasteiger partial charge in [0.2, 0.25) is 0 Å². The Hall–Kier alpha value is -1.09. The maximum atomic E-state index is 4.74. The molecule has 2 heterocycles. The maximum Gasteiger partial charge on any atom is 0.131 e. The van der Waals surface area contributed by atoms with Crippen molar-refractivity contribution >= 4 is 5.82 Å². The molecule has 1 aliphatic carbocycles. The SMILES string of the molecule is CCCC1CCN(c2ncc(CNC3CC3)cc2C)C1. The molecule has 1 N–H and O–H groups in total. The highest BCUT2D eigenvalue weighted by Gasteiger charge is 2.24. The van der Waals surface area contributed by atoms with E-state index in [-0.39, 0.29) is 0 Å². The van der Waals surface area contributed by atoms with Crippen LogP contribution >= 0.6 is 0 Å². The Bertz CT molecular complexity index is 454. The molecule has 0 aromatic carbocycles. The summed E-state index contributed by atoms with van der Waals surface area (Å²) in [7, 11) is 0. The zero-order chi connectivity index (χ0) is 13.9. The fraction of sp³-hybridized carbons (Fsp3) is 0.706. The molecular formula is C17H27N3. The lowest BCUT2D eigenvalue weighted by Gasteiger charge is -2.20. The Morgan fingerprint density at radius 3 is 2.90 bits per heavy atom. The molecule has 1 saturated carbocycles. The van der Waals surface area contributed by atoms with Crippen LogP contribution in [0.1, 0.15) is 50.2 Å². The summed E-state index contributed by atoms with van der Waals surface area (Å²) >= 11 is 0. The zero-order valence-corrected chi connectivity index (χ0v) is 12.9. The highest BCUT2D eigenvalue weighted by Crippen LogP contribution is 2.27. The van der Waals surface area contributed by atoms with Crippen molar-refractivity contribution in [2.24, 2.45) is 5.92 Å². The van der Waals surface area contributed by atoms with Crippen molar-refractivity contribution < 1.29 is 0 Å². The highest BCUT2D eigenvalue weighted by atomic mass is 15.2. The Kier molecular flexibility index (Phi) is 4.25. The van der Waals surface area contributed by atoms with Gasteiger partial charge in [0, 0.05) is 31.9 Å². The summed E-state index contributed by atoms with van der Waals surface area (Å²) in [6.45, 7) is 7.83. The number of hydrogen-bond donors (Lipinski definition) is 1. The van der Waals surface area contributed by atoms with Crippen LogP contribution in [0.15, 0.2) is 12.3 Å². The van der Waals surface area contributed by atoms with E-state index in [1.54, 1.807) is 0 Å². The predicted molar refractivity (Wildman–Crippen MR) is 84.1 cm³/mol. The van der Waals surface area contributed by atoms with E-state index in [9.17, 15) is 0 Å². The molecule has 3 heteroatoms. The van der Waals surface area contributed by atoms with Gasteiger partial charge in [-0.2, -0.15) is 0 Å². The van der Waals surface area contributed by atoms with Crippen molar-refractivity contribution in [2.45, 2.75) is 58.5 Å². The molecule has 1 unspecified atom stereocenters. The lowest BCUT2D eigenvalue weighted by molar-refractivity contribution is 0.529. The first kappa shape index (κ1) is 13.9. The van der Waals surface area contributed by atoms with Gasteiger partial charge in [0.1, 0.15) is 5.82 Å². The lowest BCUT2D eigenvalue weighted by Crippen LogP contribution is -2.22. The van der Waals surface area contributed by atoms with Crippen molar-refractivity contribution in [3.8, 4) is 0 Å². The van der Waals surface area contributed by atoms with E-state index < -0.39 is 0 Å². The van der Waals surface area contributed by atoms with Gasteiger partial charge in [-0.05, 0) is 55.7 Å². The molecule has 3 nitrogen and oxygen atoms in total. The lowest BCUT2D eigenvalue weighted by atomic mass is 10.0. The van der Waals surface area contributed by atoms with Crippen LogP contribution in [0.3, 0.4) is 0 Å². The second-order valence-corrected chi connectivity index (χ2v) is 6.53. The third kappa shape index (κ3) is 3.32. The quantitative estimate of drug-likeness (QED) is 0.862. The Morgan fingerprint density at radius 2 is 2.20 bits per heavy atom. The molecule has 0 bridgehead atoms. The third-order valence-electron chi connectivity index (χ3n) is 4.56. The molecule has 2 fully saturated rings. The van der Waals surface area contributed by atoms with Crippen molar-refractivity contribution in [1.29, 1.82) is 0 Å². The van der Waals surface area contributed by atoms with Crippen LogP contribution in [0.2, 0.25) is 0 Å². The summed E-state index contributed by atoms with van der Waals surface area (Å²) in [5, 5.41) is 3.56. The first-order valence-electron chi connectivity index (χ1n) is 8.20. The summed E-state index contributed by atoms with van der Waals surface area (Å²) < 4.78 is 0. The fourth-order valence-corrected chi connectivity index (χ4v) is 3.27. The summed E-state index contributed by atoms with van der Waals surface area (Å²) in [4.78, 5) is 7.22. The minimum atomic E-state index is 0.767. The molecule has 1 aromatic rings. The molecule has 1 atom stereocenters. The molecule has 0 amide bonds. The van der Waals surface area contributed by atoms with E-state index >= 15 is 0 Å². The van der Waals surface area contributed by atoms with Gasteiger partial charge in [0.25, 0.3) is 0 Å². The normalized spacial score (nSPS) is 22.5. The number of rotatable bonds is 6. The van der Waals surface area contributed by atoms with Gasteiger partial charge >= 0.3 is 0 Å². The number of hydrogen-bond acceptors (Lipinski definition) is 3. The second kappa shape index (κ2) is 6.13. The van der Waals surface area contributed by atoms with Crippen LogP contribution in [0.4, 0.5) is 5.82 Å². The Labute approximate surface area is 122 Å². The zero-order valence-electron chi connectivity index (χ0n) is 12.9. The molecule has 110 valence electrons. The average molecular weight is 273 g/mol. The van der Waals surface area contributed by atoms with Crippen molar-refractivity contribution in [1.82, 2.24) is 10.3 Å². The van der Waals surface area contributed by atoms with Crippen molar-refractivity contribution in [3.05, 3.63) is 23.4 Å². The molecule has 0 radical (unpaired) electrons. The van der Waals surface area contributed by atoms with E-state index in [1.807, 2.05) is 0 Å². The molecule has 1 aromatic heterocycles. The fourth-order valence-electron chi connectivity index (χ4n) is 3.27. The molecule has 20 heavy (non-hydrogen) atoms. The monoisotopic (exact) mass is 273 g/mol. The van der Waals surface area contributed by atoms with Crippen molar-refractivity contribution in [2.75, 3.05) is 18.0 Å². The Morgan fingerprint density at radius 1 is 1.35 bits per heavy atom. The van der Waals surface area contributed by atoms with Gasteiger partial charge in [0.05, 0.1) is 0 Å². The molecule has 3 rings (SSSR count). The molecular weight excluding hydrogens is 246 g/mol. The smallest absolute Gasteiger partial charge is 0.131 e. The maximum absolute atomic E-state index is 4.74. The van der Waals surface area contributed by atoms with Gasteiger partial charge < -0.3 is 10.2 Å². The van der Waals surface area contributed by atoms with Gasteiger partial charge in [-0.1, -0.05) is 13.3 Å². The van der Waals surface area contributed by atoms with E-state index in [0.717, 1.165) is 18.5 Å². The standard InChI is InChI=1S/C17H27N3/c1-3-4-14-7-8-20(12-14)17-13(2)9-15(11-19-17)10-18-16-5-6-16/h9,11,14,16,18H,3-8,10,12H2,1-2H3. The Balaban J connectivity index is 1.61. The highest BCUT2D eigenvalue weighted by molar-refractivity contribution is 5.48. The average Bonchev–Trinajstić information content (AvgIpc) is 3.16. The minimum absolute atomic E-state index is 0.767. The molecule has 0 spiro atoms. The summed E-state index contributed by atoms with van der Waals surface area (Å²) in [5.41, 5.74) is 2.65. The summed E-state index contributed by atoms with van der Waals surface area (Å²) in [5.74, 6) is 2.08. The second-order valence-electron chi connectivity index (χ2n) is 6.53. The molecule has 1 saturated heterocycles. The van der Waals surface area contributed by atoms with Crippen molar-refractivity contribution in [3.63, 3.8) is 0 Å². The first-order valence-corrected chi connectivity index (χ1v) is 8.20. The van der Waals surface area contributed by atoms with E-state index in [4.69, 9.17) is 4.98 Å². The van der Waals surface area contributed by atoms with Crippen LogP contribution < -0.4 is 10.2 Å². The van der Waals surface area contributed by atoms with Gasteiger partial charge in [-0.15, -0.1) is 0 Å². The first-order chi connectivity index (χ1) is 9.76. The number of nitrogens with zero attached hydrogens (tertiary/aromatic N) is 2. The van der Waals surface area contributed by atoms with Crippen LogP contribution in [-0.4, -0.2) is 24.1 Å². The molecule has 1 aliphatic heterocycles. The van der Waals surface area contributed by atoms with Gasteiger partial charge in [-0.25, -0.2) is 4.98 Å². The van der Waals surface area contributed by atoms with E-state index in [0.29, 0.717) is 0 Å². The summed E-state index contributed by atoms with van der Waals surface area (Å²) in [6, 6.07) is 3.08. The van der Waals surface area contributed by atoms with Crippen LogP contribution in [0.5, 0.6) is 0 Å². The third-order valence-corrected chi connectivity index (χ3v) is 4.56. The predicted octanol–water partition coefficient (Wildman–Crippen LogP) is 3.27. The number of anilines is 1. The van der Waals surface area contributed by atoms with Crippen LogP contribution in [0, 0.1) is 12.8 Å². The number of nitrogens with one attached hydrogen (secondary N) is 1. The molecule has 2 aliphatic rings. The van der Waals surface area contributed by atoms with Crippen LogP contribution in [0.25, 0.3) is 0 Å². The minimum Gasteiger partial charge on any atom is -0.356 e. The topological polar surface area (TPSA) is 28.2 Å². The summed E-state index contributed by atoms with van der Waals surface area (Å²) in [6.07, 6.45) is 8.74. The largest absolute Gasteiger partial charge is 0.356 e. The number of aryl methyl sites for hydroxylation is 1. The van der Waals surface area contributed by atoms with Crippen LogP contribution in [-0.2, 0) is 6.54 Å². The van der Waals surface area contributed by atoms with Gasteiger partial charge in [-0.3, -0.25) is 0 Å². The number of pyridine rings is 1. The van der Waals surface area contributed by atoms with E-state index in [1.165, 1.54) is 62.1 Å². The van der Waals surface area contributed by atoms with E-state index in [2.05, 4.69) is 36.3 Å². The number of aromatic nitrogens is 1. The van der Waals surface area contributed by atoms with Gasteiger partial charge in [0.15, 0.2) is 0 Å².